The molecule has 1 heterocycles. The summed E-state index contributed by atoms with van der Waals surface area (Å²) in [5, 5.41) is 5.14. The Morgan fingerprint density at radius 1 is 1.41 bits per heavy atom. The maximum absolute atomic E-state index is 6.02. The Morgan fingerprint density at radius 2 is 2.18 bits per heavy atom. The van der Waals surface area contributed by atoms with E-state index in [1.807, 2.05) is 49.0 Å². The zero-order valence-corrected chi connectivity index (χ0v) is 10.8. The molecule has 4 heteroatoms. The first-order chi connectivity index (χ1) is 8.06. The van der Waals surface area contributed by atoms with Crippen LogP contribution in [0.25, 0.3) is 5.69 Å². The van der Waals surface area contributed by atoms with Gasteiger partial charge < -0.3 is 5.73 Å². The summed E-state index contributed by atoms with van der Waals surface area (Å²) >= 11 is 6.02. The van der Waals surface area contributed by atoms with Crippen molar-refractivity contribution in [2.75, 3.05) is 0 Å². The van der Waals surface area contributed by atoms with Crippen molar-refractivity contribution < 1.29 is 0 Å². The molecule has 1 atom stereocenters. The quantitative estimate of drug-likeness (QED) is 0.909. The third kappa shape index (κ3) is 2.87. The molecule has 0 saturated heterocycles. The summed E-state index contributed by atoms with van der Waals surface area (Å²) in [5.41, 5.74) is 9.01. The number of aryl methyl sites for hydroxylation is 1. The third-order valence-electron chi connectivity index (χ3n) is 2.55. The molecule has 1 unspecified atom stereocenters. The molecule has 0 radical (unpaired) electrons. The number of nitrogens with zero attached hydrogens (tertiary/aromatic N) is 2. The maximum Gasteiger partial charge on any atom is 0.0679 e. The predicted octanol–water partition coefficient (Wildman–Crippen LogP) is 2.72. The van der Waals surface area contributed by atoms with Gasteiger partial charge in [0.15, 0.2) is 0 Å². The fraction of sp³-hybridized carbons (Fsp3) is 0.308. The molecule has 2 N–H and O–H groups in total. The van der Waals surface area contributed by atoms with Gasteiger partial charge in [-0.05, 0) is 50.1 Å². The standard InChI is InChI=1S/C13H16ClN3/c1-9(15)7-11-8-12(14)3-4-13(11)17-6-5-10(2)16-17/h3-6,8-9H,7,15H2,1-2H3. The second-order valence-electron chi connectivity index (χ2n) is 4.36. The van der Waals surface area contributed by atoms with E-state index in [9.17, 15) is 0 Å². The Kier molecular flexibility index (Phi) is 3.50. The van der Waals surface area contributed by atoms with Crippen molar-refractivity contribution in [3.05, 3.63) is 46.7 Å². The number of rotatable bonds is 3. The molecule has 0 fully saturated rings. The minimum Gasteiger partial charge on any atom is -0.328 e. The summed E-state index contributed by atoms with van der Waals surface area (Å²) in [6.45, 7) is 3.96. The van der Waals surface area contributed by atoms with Crippen LogP contribution in [0.1, 0.15) is 18.2 Å². The predicted molar refractivity (Wildman–Crippen MR) is 70.7 cm³/mol. The fourth-order valence-electron chi connectivity index (χ4n) is 1.84. The number of nitrogens with two attached hydrogens (primary N) is 1. The van der Waals surface area contributed by atoms with Crippen LogP contribution in [-0.2, 0) is 6.42 Å². The van der Waals surface area contributed by atoms with Gasteiger partial charge in [-0.1, -0.05) is 11.6 Å². The van der Waals surface area contributed by atoms with Crippen molar-refractivity contribution in [1.82, 2.24) is 9.78 Å². The highest BCUT2D eigenvalue weighted by molar-refractivity contribution is 6.30. The summed E-state index contributed by atoms with van der Waals surface area (Å²) in [6, 6.07) is 7.89. The van der Waals surface area contributed by atoms with E-state index in [0.717, 1.165) is 28.4 Å². The monoisotopic (exact) mass is 249 g/mol. The van der Waals surface area contributed by atoms with Gasteiger partial charge in [-0.15, -0.1) is 0 Å². The number of hydrogen-bond acceptors (Lipinski definition) is 2. The lowest BCUT2D eigenvalue weighted by Crippen LogP contribution is -2.19. The lowest BCUT2D eigenvalue weighted by Gasteiger charge is -2.12. The number of halogens is 1. The van der Waals surface area contributed by atoms with Crippen LogP contribution in [0.2, 0.25) is 5.02 Å². The molecule has 0 bridgehead atoms. The molecule has 2 rings (SSSR count). The Bertz CT molecular complexity index is 517. The summed E-state index contributed by atoms with van der Waals surface area (Å²) in [7, 11) is 0. The molecule has 0 aliphatic rings. The molecule has 0 saturated carbocycles. The Hall–Kier alpha value is -1.32. The van der Waals surface area contributed by atoms with Gasteiger partial charge in [0.2, 0.25) is 0 Å². The molecular weight excluding hydrogens is 234 g/mol. The van der Waals surface area contributed by atoms with Crippen molar-refractivity contribution in [3.8, 4) is 5.69 Å². The van der Waals surface area contributed by atoms with Gasteiger partial charge in [0.1, 0.15) is 0 Å². The smallest absolute Gasteiger partial charge is 0.0679 e. The van der Waals surface area contributed by atoms with Gasteiger partial charge >= 0.3 is 0 Å². The molecule has 0 spiro atoms. The van der Waals surface area contributed by atoms with E-state index in [4.69, 9.17) is 17.3 Å². The second-order valence-corrected chi connectivity index (χ2v) is 4.79. The van der Waals surface area contributed by atoms with Gasteiger partial charge in [0.05, 0.1) is 11.4 Å². The highest BCUT2D eigenvalue weighted by Gasteiger charge is 2.08. The van der Waals surface area contributed by atoms with Crippen LogP contribution >= 0.6 is 11.6 Å². The first-order valence-electron chi connectivity index (χ1n) is 5.63. The van der Waals surface area contributed by atoms with Crippen molar-refractivity contribution in [3.63, 3.8) is 0 Å². The van der Waals surface area contributed by atoms with Gasteiger partial charge in [0.25, 0.3) is 0 Å². The molecule has 17 heavy (non-hydrogen) atoms. The van der Waals surface area contributed by atoms with E-state index in [1.54, 1.807) is 0 Å². The minimum absolute atomic E-state index is 0.101. The molecular formula is C13H16ClN3. The van der Waals surface area contributed by atoms with Crippen molar-refractivity contribution >= 4 is 11.6 Å². The summed E-state index contributed by atoms with van der Waals surface area (Å²) in [4.78, 5) is 0. The van der Waals surface area contributed by atoms with Gasteiger partial charge in [-0.2, -0.15) is 5.10 Å². The average molecular weight is 250 g/mol. The largest absolute Gasteiger partial charge is 0.328 e. The number of aromatic nitrogens is 2. The van der Waals surface area contributed by atoms with Crippen LogP contribution in [0.5, 0.6) is 0 Å². The Morgan fingerprint density at radius 3 is 2.76 bits per heavy atom. The minimum atomic E-state index is 0.101. The highest BCUT2D eigenvalue weighted by Crippen LogP contribution is 2.20. The van der Waals surface area contributed by atoms with Crippen molar-refractivity contribution in [2.45, 2.75) is 26.3 Å². The fourth-order valence-corrected chi connectivity index (χ4v) is 2.03. The molecule has 1 aromatic heterocycles. The molecule has 0 amide bonds. The highest BCUT2D eigenvalue weighted by atomic mass is 35.5. The van der Waals surface area contributed by atoms with Crippen LogP contribution in [0, 0.1) is 6.92 Å². The summed E-state index contributed by atoms with van der Waals surface area (Å²) < 4.78 is 1.86. The van der Waals surface area contributed by atoms with E-state index in [-0.39, 0.29) is 6.04 Å². The normalized spacial score (nSPS) is 12.7. The van der Waals surface area contributed by atoms with Crippen LogP contribution in [0.4, 0.5) is 0 Å². The third-order valence-corrected chi connectivity index (χ3v) is 2.79. The van der Waals surface area contributed by atoms with Crippen molar-refractivity contribution in [2.24, 2.45) is 5.73 Å². The van der Waals surface area contributed by atoms with Crippen LogP contribution in [-0.4, -0.2) is 15.8 Å². The van der Waals surface area contributed by atoms with Crippen LogP contribution in [0.15, 0.2) is 30.5 Å². The van der Waals surface area contributed by atoms with E-state index in [2.05, 4.69) is 5.10 Å². The van der Waals surface area contributed by atoms with E-state index in [0.29, 0.717) is 0 Å². The molecule has 0 aliphatic carbocycles. The zero-order valence-electron chi connectivity index (χ0n) is 10.0. The number of hydrogen-bond donors (Lipinski definition) is 1. The lowest BCUT2D eigenvalue weighted by atomic mass is 10.1. The molecule has 2 aromatic rings. The van der Waals surface area contributed by atoms with Gasteiger partial charge in [0, 0.05) is 17.3 Å². The average Bonchev–Trinajstić information content (AvgIpc) is 2.64. The molecule has 3 nitrogen and oxygen atoms in total. The van der Waals surface area contributed by atoms with Gasteiger partial charge in [-0.25, -0.2) is 4.68 Å². The molecule has 90 valence electrons. The van der Waals surface area contributed by atoms with Crippen molar-refractivity contribution in [1.29, 1.82) is 0 Å². The Labute approximate surface area is 106 Å². The van der Waals surface area contributed by atoms with Crippen LogP contribution < -0.4 is 5.73 Å². The SMILES string of the molecule is Cc1ccn(-c2ccc(Cl)cc2CC(C)N)n1. The maximum atomic E-state index is 6.02. The van der Waals surface area contributed by atoms with Crippen LogP contribution in [0.3, 0.4) is 0 Å². The molecule has 1 aromatic carbocycles. The summed E-state index contributed by atoms with van der Waals surface area (Å²) in [5.74, 6) is 0. The lowest BCUT2D eigenvalue weighted by molar-refractivity contribution is 0.727. The van der Waals surface area contributed by atoms with E-state index < -0.39 is 0 Å². The van der Waals surface area contributed by atoms with E-state index >= 15 is 0 Å². The van der Waals surface area contributed by atoms with E-state index in [1.165, 1.54) is 0 Å². The number of benzene rings is 1. The second kappa shape index (κ2) is 4.90. The zero-order chi connectivity index (χ0) is 12.4. The van der Waals surface area contributed by atoms with Gasteiger partial charge in [-0.3, -0.25) is 0 Å². The molecule has 0 aliphatic heterocycles. The first-order valence-corrected chi connectivity index (χ1v) is 6.00. The Balaban J connectivity index is 2.45. The first kappa shape index (κ1) is 12.1. The summed E-state index contributed by atoms with van der Waals surface area (Å²) in [6.07, 6.45) is 2.73. The topological polar surface area (TPSA) is 43.8 Å².